The van der Waals surface area contributed by atoms with Crippen molar-refractivity contribution in [3.05, 3.63) is 22.8 Å². The van der Waals surface area contributed by atoms with Crippen molar-refractivity contribution >= 4 is 23.3 Å². The van der Waals surface area contributed by atoms with Crippen molar-refractivity contribution in [3.63, 3.8) is 0 Å². The van der Waals surface area contributed by atoms with Crippen LogP contribution >= 0.6 is 11.6 Å². The summed E-state index contributed by atoms with van der Waals surface area (Å²) >= 11 is 6.03. The maximum atomic E-state index is 12.7. The van der Waals surface area contributed by atoms with Crippen LogP contribution in [0.4, 0.5) is 5.82 Å². The highest BCUT2D eigenvalue weighted by Crippen LogP contribution is 2.28. The molecule has 2 unspecified atom stereocenters. The zero-order valence-corrected chi connectivity index (χ0v) is 13.8. The van der Waals surface area contributed by atoms with E-state index in [1.807, 2.05) is 18.9 Å². The molecule has 0 saturated heterocycles. The zero-order chi connectivity index (χ0) is 15.4. The van der Waals surface area contributed by atoms with Gasteiger partial charge in [-0.3, -0.25) is 4.79 Å². The summed E-state index contributed by atoms with van der Waals surface area (Å²) in [6.07, 6.45) is 4.75. The number of nitrogens with one attached hydrogen (secondary N) is 1. The van der Waals surface area contributed by atoms with E-state index in [1.165, 1.54) is 19.3 Å². The molecule has 0 bridgehead atoms. The number of amides is 1. The monoisotopic (exact) mass is 309 g/mol. The molecule has 0 aliphatic heterocycles. The number of halogens is 1. The van der Waals surface area contributed by atoms with Gasteiger partial charge >= 0.3 is 0 Å². The van der Waals surface area contributed by atoms with Gasteiger partial charge < -0.3 is 10.2 Å². The molecule has 2 rings (SSSR count). The van der Waals surface area contributed by atoms with E-state index in [4.69, 9.17) is 11.6 Å². The molecular formula is C16H24ClN3O. The molecule has 1 aliphatic carbocycles. The number of rotatable bonds is 4. The summed E-state index contributed by atoms with van der Waals surface area (Å²) in [4.78, 5) is 18.8. The number of carbonyl (C=O) groups excluding carboxylic acids is 1. The van der Waals surface area contributed by atoms with Crippen LogP contribution in [0.15, 0.2) is 12.1 Å². The number of anilines is 1. The van der Waals surface area contributed by atoms with Gasteiger partial charge in [0.25, 0.3) is 5.91 Å². The van der Waals surface area contributed by atoms with Gasteiger partial charge in [-0.25, -0.2) is 4.98 Å². The van der Waals surface area contributed by atoms with Crippen molar-refractivity contribution in [2.75, 3.05) is 18.9 Å². The van der Waals surface area contributed by atoms with E-state index in [0.717, 1.165) is 13.0 Å². The summed E-state index contributed by atoms with van der Waals surface area (Å²) in [5, 5.41) is 3.45. The summed E-state index contributed by atoms with van der Waals surface area (Å²) in [7, 11) is 1.90. The van der Waals surface area contributed by atoms with Gasteiger partial charge in [0, 0.05) is 25.2 Å². The first-order chi connectivity index (χ1) is 10.0. The average molecular weight is 310 g/mol. The number of pyridine rings is 1. The third kappa shape index (κ3) is 3.88. The first-order valence-electron chi connectivity index (χ1n) is 7.71. The van der Waals surface area contributed by atoms with Gasteiger partial charge in [0.15, 0.2) is 0 Å². The topological polar surface area (TPSA) is 45.2 Å². The maximum Gasteiger partial charge on any atom is 0.254 e. The van der Waals surface area contributed by atoms with Crippen LogP contribution in [0.5, 0.6) is 0 Å². The maximum absolute atomic E-state index is 12.7. The lowest BCUT2D eigenvalue weighted by atomic mass is 9.85. The third-order valence-electron chi connectivity index (χ3n) is 4.28. The summed E-state index contributed by atoms with van der Waals surface area (Å²) in [6, 6.07) is 3.75. The van der Waals surface area contributed by atoms with Gasteiger partial charge in [0.2, 0.25) is 0 Å². The Bertz CT molecular complexity index is 506. The molecule has 1 amide bonds. The minimum absolute atomic E-state index is 0.0252. The molecule has 1 aromatic rings. The molecule has 4 nitrogen and oxygen atoms in total. The van der Waals surface area contributed by atoms with Crippen LogP contribution in [0, 0.1) is 5.92 Å². The quantitative estimate of drug-likeness (QED) is 0.860. The van der Waals surface area contributed by atoms with Gasteiger partial charge in [-0.05, 0) is 37.8 Å². The van der Waals surface area contributed by atoms with Gasteiger partial charge in [-0.2, -0.15) is 0 Å². The van der Waals surface area contributed by atoms with Crippen LogP contribution in [-0.2, 0) is 0 Å². The number of hydrogen-bond acceptors (Lipinski definition) is 3. The average Bonchev–Trinajstić information content (AvgIpc) is 2.46. The van der Waals surface area contributed by atoms with E-state index in [9.17, 15) is 4.79 Å². The molecule has 5 heteroatoms. The summed E-state index contributed by atoms with van der Waals surface area (Å²) in [6.45, 7) is 4.97. The van der Waals surface area contributed by atoms with Crippen LogP contribution in [-0.4, -0.2) is 35.4 Å². The Labute approximate surface area is 131 Å². The number of aromatic nitrogens is 1. The van der Waals surface area contributed by atoms with Crippen molar-refractivity contribution in [2.45, 2.75) is 45.6 Å². The standard InChI is InChI=1S/C16H24ClN3O/c1-4-18-15-10-12(9-14(17)19-15)16(21)20(3)13-8-6-5-7-11(13)2/h9-11,13H,4-8H2,1-3H3,(H,18,19). The summed E-state index contributed by atoms with van der Waals surface area (Å²) < 4.78 is 0. The Kier molecular flexibility index (Phi) is 5.45. The Hall–Kier alpha value is -1.29. The molecule has 0 aromatic carbocycles. The lowest BCUT2D eigenvalue weighted by Crippen LogP contribution is -2.42. The van der Waals surface area contributed by atoms with E-state index in [1.54, 1.807) is 12.1 Å². The van der Waals surface area contributed by atoms with Gasteiger partial charge in [-0.15, -0.1) is 0 Å². The molecule has 1 N–H and O–H groups in total. The molecule has 0 spiro atoms. The van der Waals surface area contributed by atoms with E-state index in [-0.39, 0.29) is 5.91 Å². The van der Waals surface area contributed by atoms with E-state index in [0.29, 0.717) is 28.5 Å². The largest absolute Gasteiger partial charge is 0.370 e. The molecule has 116 valence electrons. The van der Waals surface area contributed by atoms with Crippen molar-refractivity contribution < 1.29 is 4.79 Å². The van der Waals surface area contributed by atoms with Crippen molar-refractivity contribution in [1.29, 1.82) is 0 Å². The molecule has 2 atom stereocenters. The second kappa shape index (κ2) is 7.12. The number of hydrogen-bond donors (Lipinski definition) is 1. The molecular weight excluding hydrogens is 286 g/mol. The zero-order valence-electron chi connectivity index (χ0n) is 13.0. The minimum atomic E-state index is 0.0252. The van der Waals surface area contributed by atoms with E-state index < -0.39 is 0 Å². The fraction of sp³-hybridized carbons (Fsp3) is 0.625. The van der Waals surface area contributed by atoms with Crippen LogP contribution < -0.4 is 5.32 Å². The van der Waals surface area contributed by atoms with Crippen molar-refractivity contribution in [1.82, 2.24) is 9.88 Å². The Morgan fingerprint density at radius 1 is 1.43 bits per heavy atom. The van der Waals surface area contributed by atoms with Crippen LogP contribution in [0.3, 0.4) is 0 Å². The fourth-order valence-corrected chi connectivity index (χ4v) is 3.33. The summed E-state index contributed by atoms with van der Waals surface area (Å²) in [5.74, 6) is 1.23. The lowest BCUT2D eigenvalue weighted by Gasteiger charge is -2.36. The molecule has 1 aromatic heterocycles. The predicted molar refractivity (Wildman–Crippen MR) is 86.9 cm³/mol. The van der Waals surface area contributed by atoms with Crippen LogP contribution in [0.1, 0.15) is 49.9 Å². The molecule has 1 heterocycles. The van der Waals surface area contributed by atoms with Crippen LogP contribution in [0.25, 0.3) is 0 Å². The fourth-order valence-electron chi connectivity index (χ4n) is 3.12. The molecule has 21 heavy (non-hydrogen) atoms. The third-order valence-corrected chi connectivity index (χ3v) is 4.48. The second-order valence-electron chi connectivity index (χ2n) is 5.84. The Morgan fingerprint density at radius 2 is 2.14 bits per heavy atom. The van der Waals surface area contributed by atoms with Crippen molar-refractivity contribution in [3.8, 4) is 0 Å². The first-order valence-corrected chi connectivity index (χ1v) is 8.09. The van der Waals surface area contributed by atoms with Crippen LogP contribution in [0.2, 0.25) is 5.15 Å². The molecule has 1 fully saturated rings. The molecule has 0 radical (unpaired) electrons. The number of carbonyl (C=O) groups is 1. The summed E-state index contributed by atoms with van der Waals surface area (Å²) in [5.41, 5.74) is 0.603. The van der Waals surface area contributed by atoms with Gasteiger partial charge in [0.1, 0.15) is 11.0 Å². The molecule has 1 saturated carbocycles. The highest BCUT2D eigenvalue weighted by molar-refractivity contribution is 6.29. The molecule has 1 aliphatic rings. The van der Waals surface area contributed by atoms with E-state index >= 15 is 0 Å². The minimum Gasteiger partial charge on any atom is -0.370 e. The van der Waals surface area contributed by atoms with Crippen molar-refractivity contribution in [2.24, 2.45) is 5.92 Å². The Morgan fingerprint density at radius 3 is 2.81 bits per heavy atom. The Balaban J connectivity index is 2.18. The lowest BCUT2D eigenvalue weighted by molar-refractivity contribution is 0.0629. The van der Waals surface area contributed by atoms with Gasteiger partial charge in [-0.1, -0.05) is 31.4 Å². The first kappa shape index (κ1) is 16.1. The highest BCUT2D eigenvalue weighted by atomic mass is 35.5. The van der Waals surface area contributed by atoms with E-state index in [2.05, 4.69) is 17.2 Å². The number of nitrogens with zero attached hydrogens (tertiary/aromatic N) is 2. The second-order valence-corrected chi connectivity index (χ2v) is 6.23. The smallest absolute Gasteiger partial charge is 0.254 e. The van der Waals surface area contributed by atoms with Gasteiger partial charge in [0.05, 0.1) is 0 Å². The highest BCUT2D eigenvalue weighted by Gasteiger charge is 2.28. The predicted octanol–water partition coefficient (Wildman–Crippen LogP) is 3.82. The SMILES string of the molecule is CCNc1cc(C(=O)N(C)C2CCCCC2C)cc(Cl)n1. The normalized spacial score (nSPS) is 21.9.